The van der Waals surface area contributed by atoms with E-state index in [0.717, 1.165) is 0 Å². The summed E-state index contributed by atoms with van der Waals surface area (Å²) in [4.78, 5) is 12.6. The first kappa shape index (κ1) is 27.3. The van der Waals surface area contributed by atoms with Crippen LogP contribution in [0.5, 0.6) is 11.5 Å². The van der Waals surface area contributed by atoms with Crippen LogP contribution in [0.15, 0.2) is 75.8 Å². The Kier molecular flexibility index (Phi) is 7.89. The molecule has 0 fully saturated rings. The van der Waals surface area contributed by atoms with Gasteiger partial charge in [-0.25, -0.2) is 0 Å². The fraction of sp³-hybridized carbons (Fsp3) is 0.115. The molecule has 0 bridgehead atoms. The molecule has 9 nitrogen and oxygen atoms in total. The van der Waals surface area contributed by atoms with Gasteiger partial charge >= 0.3 is 0 Å². The molecule has 0 spiro atoms. The fourth-order valence-corrected chi connectivity index (χ4v) is 5.22. The first-order chi connectivity index (χ1) is 18.0. The van der Waals surface area contributed by atoms with Gasteiger partial charge in [-0.1, -0.05) is 53.5 Å². The molecule has 4 aromatic rings. The molecule has 0 aliphatic rings. The number of anilines is 1. The molecule has 4 rings (SSSR count). The highest BCUT2D eigenvalue weighted by atomic mass is 35.5. The number of carbonyl (C=O) groups is 1. The van der Waals surface area contributed by atoms with E-state index in [1.807, 2.05) is 6.92 Å². The molecule has 0 unspecified atom stereocenters. The van der Waals surface area contributed by atoms with Gasteiger partial charge in [-0.3, -0.25) is 9.35 Å². The highest BCUT2D eigenvalue weighted by Crippen LogP contribution is 2.41. The highest BCUT2D eigenvalue weighted by molar-refractivity contribution is 7.86. The monoisotopic (exact) mass is 573 g/mol. The maximum Gasteiger partial charge on any atom is 0.298 e. The van der Waals surface area contributed by atoms with Crippen LogP contribution in [0.3, 0.4) is 0 Å². The first-order valence-corrected chi connectivity index (χ1v) is 13.4. The second-order valence-corrected chi connectivity index (χ2v) is 10.3. The van der Waals surface area contributed by atoms with Crippen LogP contribution in [0.1, 0.15) is 22.8 Å². The van der Waals surface area contributed by atoms with Crippen LogP contribution in [0.2, 0.25) is 10.0 Å². The zero-order valence-electron chi connectivity index (χ0n) is 20.1. The maximum absolute atomic E-state index is 13.2. The number of rotatable bonds is 7. The molecule has 196 valence electrons. The Morgan fingerprint density at radius 3 is 2.45 bits per heavy atom. The van der Waals surface area contributed by atoms with Crippen molar-refractivity contribution < 1.29 is 27.6 Å². The van der Waals surface area contributed by atoms with E-state index in [-0.39, 0.29) is 22.0 Å². The highest BCUT2D eigenvalue weighted by Gasteiger charge is 2.23. The molecule has 0 saturated heterocycles. The predicted octanol–water partition coefficient (Wildman–Crippen LogP) is 7.47. The topological polar surface area (TPSA) is 138 Å². The zero-order valence-corrected chi connectivity index (χ0v) is 22.4. The Balaban J connectivity index is 1.83. The summed E-state index contributed by atoms with van der Waals surface area (Å²) in [5.41, 5.74) is 0.285. The fourth-order valence-electron chi connectivity index (χ4n) is 3.79. The van der Waals surface area contributed by atoms with Crippen molar-refractivity contribution in [2.75, 3.05) is 11.9 Å². The smallest absolute Gasteiger partial charge is 0.298 e. The molecule has 3 N–H and O–H groups in total. The van der Waals surface area contributed by atoms with Crippen LogP contribution in [-0.2, 0) is 10.1 Å². The van der Waals surface area contributed by atoms with E-state index in [0.29, 0.717) is 39.4 Å². The van der Waals surface area contributed by atoms with Crippen molar-refractivity contribution in [3.8, 4) is 11.5 Å². The van der Waals surface area contributed by atoms with Gasteiger partial charge < -0.3 is 15.2 Å². The van der Waals surface area contributed by atoms with Gasteiger partial charge in [0, 0.05) is 22.2 Å². The van der Waals surface area contributed by atoms with Crippen LogP contribution in [-0.4, -0.2) is 30.6 Å². The maximum atomic E-state index is 13.2. The lowest BCUT2D eigenvalue weighted by Gasteiger charge is -2.13. The van der Waals surface area contributed by atoms with Crippen molar-refractivity contribution in [3.63, 3.8) is 0 Å². The van der Waals surface area contributed by atoms with Crippen molar-refractivity contribution in [1.29, 1.82) is 0 Å². The van der Waals surface area contributed by atoms with Gasteiger partial charge in [0.15, 0.2) is 5.75 Å². The number of amides is 1. The van der Waals surface area contributed by atoms with Gasteiger partial charge in [0.1, 0.15) is 22.0 Å². The number of nitrogens with zero attached hydrogens (tertiary/aromatic N) is 2. The number of fused-ring (bicyclic) bond motifs is 1. The molecule has 1 amide bonds. The third-order valence-corrected chi connectivity index (χ3v) is 7.05. The van der Waals surface area contributed by atoms with Gasteiger partial charge in [0.25, 0.3) is 16.0 Å². The Bertz CT molecular complexity index is 1710. The van der Waals surface area contributed by atoms with Gasteiger partial charge in [-0.15, -0.1) is 10.2 Å². The Morgan fingerprint density at radius 2 is 1.74 bits per heavy atom. The van der Waals surface area contributed by atoms with Gasteiger partial charge in [0.05, 0.1) is 17.2 Å². The Morgan fingerprint density at radius 1 is 1.03 bits per heavy atom. The quantitative estimate of drug-likeness (QED) is 0.155. The average molecular weight is 574 g/mol. The summed E-state index contributed by atoms with van der Waals surface area (Å²) < 4.78 is 39.1. The predicted molar refractivity (Wildman–Crippen MR) is 146 cm³/mol. The molecule has 0 aromatic heterocycles. The van der Waals surface area contributed by atoms with E-state index in [1.165, 1.54) is 24.3 Å². The van der Waals surface area contributed by atoms with E-state index in [1.54, 1.807) is 43.3 Å². The summed E-state index contributed by atoms with van der Waals surface area (Å²) in [7, 11) is -4.74. The number of aryl methyl sites for hydroxylation is 1. The van der Waals surface area contributed by atoms with Crippen molar-refractivity contribution in [2.45, 2.75) is 18.7 Å². The number of hydrogen-bond donors (Lipinski definition) is 3. The van der Waals surface area contributed by atoms with Crippen LogP contribution in [0.25, 0.3) is 10.8 Å². The molecule has 0 atom stereocenters. The first-order valence-electron chi connectivity index (χ1n) is 11.2. The molecule has 38 heavy (non-hydrogen) atoms. The molecule has 0 heterocycles. The minimum absolute atomic E-state index is 0.0880. The van der Waals surface area contributed by atoms with Crippen molar-refractivity contribution >= 4 is 67.1 Å². The average Bonchev–Trinajstić information content (AvgIpc) is 2.84. The molecule has 12 heteroatoms. The number of halogens is 2. The van der Waals surface area contributed by atoms with Crippen molar-refractivity contribution in [2.24, 2.45) is 10.2 Å². The number of ether oxygens (including phenoxy) is 1. The number of carbonyl (C=O) groups excluding carboxylic acids is 1. The standard InChI is InChI=1S/C26H21Cl2N3O6S/c1-3-37-18-12-16(27)11-17(13-18)29-26(33)20-10-15-6-4-5-7-19(15)23(24(20)32)31-30-22-14(2)8-9-21(28)25(22)38(34,35)36/h4-13,32H,3H2,1-2H3,(H,29,33)(H,34,35,36). The van der Waals surface area contributed by atoms with E-state index < -0.39 is 26.7 Å². The minimum Gasteiger partial charge on any atom is -0.505 e. The number of phenolic OH excluding ortho intramolecular Hbond substituents is 1. The van der Waals surface area contributed by atoms with Crippen LogP contribution in [0.4, 0.5) is 17.1 Å². The summed E-state index contributed by atoms with van der Waals surface area (Å²) >= 11 is 12.2. The molecular formula is C26H21Cl2N3O6S. The van der Waals surface area contributed by atoms with Gasteiger partial charge in [0.2, 0.25) is 0 Å². The summed E-state index contributed by atoms with van der Waals surface area (Å²) in [6, 6.07) is 15.8. The van der Waals surface area contributed by atoms with E-state index >= 15 is 0 Å². The molecule has 0 saturated carbocycles. The summed E-state index contributed by atoms with van der Waals surface area (Å²) in [6.45, 7) is 3.77. The SMILES string of the molecule is CCOc1cc(Cl)cc(NC(=O)c2cc3ccccc3c(N=Nc3c(C)ccc(Cl)c3S(=O)(=O)O)c2O)c1. The molecule has 0 aliphatic carbocycles. The molecule has 4 aromatic carbocycles. The van der Waals surface area contributed by atoms with Gasteiger partial charge in [-0.2, -0.15) is 8.42 Å². The van der Waals surface area contributed by atoms with E-state index in [4.69, 9.17) is 27.9 Å². The minimum atomic E-state index is -4.74. The number of phenols is 1. The third-order valence-electron chi connectivity index (χ3n) is 5.47. The number of benzene rings is 4. The lowest BCUT2D eigenvalue weighted by molar-refractivity contribution is 0.102. The normalized spacial score (nSPS) is 11.7. The Hall–Kier alpha value is -3.70. The number of aromatic hydroxyl groups is 1. The molecular weight excluding hydrogens is 553 g/mol. The molecule has 0 radical (unpaired) electrons. The van der Waals surface area contributed by atoms with Crippen molar-refractivity contribution in [3.05, 3.63) is 81.8 Å². The van der Waals surface area contributed by atoms with Crippen LogP contribution >= 0.6 is 23.2 Å². The largest absolute Gasteiger partial charge is 0.505 e. The summed E-state index contributed by atoms with van der Waals surface area (Å²) in [5.74, 6) is -0.698. The van der Waals surface area contributed by atoms with E-state index in [9.17, 15) is 22.9 Å². The number of nitrogens with one attached hydrogen (secondary N) is 1. The lowest BCUT2D eigenvalue weighted by Crippen LogP contribution is -2.12. The zero-order chi connectivity index (χ0) is 27.6. The Labute approximate surface area is 228 Å². The van der Waals surface area contributed by atoms with Crippen molar-refractivity contribution in [1.82, 2.24) is 0 Å². The second kappa shape index (κ2) is 11.0. The number of azo groups is 1. The number of hydrogen-bond acceptors (Lipinski definition) is 7. The van der Waals surface area contributed by atoms with Crippen LogP contribution in [0, 0.1) is 6.92 Å². The summed E-state index contributed by atoms with van der Waals surface area (Å²) in [5, 5.41) is 23.0. The second-order valence-electron chi connectivity index (χ2n) is 8.12. The lowest BCUT2D eigenvalue weighted by atomic mass is 10.0. The van der Waals surface area contributed by atoms with Gasteiger partial charge in [-0.05, 0) is 49.1 Å². The van der Waals surface area contributed by atoms with Crippen LogP contribution < -0.4 is 10.1 Å². The molecule has 0 aliphatic heterocycles. The van der Waals surface area contributed by atoms with E-state index in [2.05, 4.69) is 15.5 Å². The summed E-state index contributed by atoms with van der Waals surface area (Å²) in [6.07, 6.45) is 0. The third kappa shape index (κ3) is 5.73.